The van der Waals surface area contributed by atoms with E-state index in [0.29, 0.717) is 11.1 Å². The monoisotopic (exact) mass is 225 g/mol. The molecule has 0 amide bonds. The lowest BCUT2D eigenvalue weighted by molar-refractivity contribution is -0.141. The van der Waals surface area contributed by atoms with Crippen molar-refractivity contribution in [1.29, 1.82) is 0 Å². The molecular weight excluding hydrogens is 219 g/mol. The minimum Gasteiger partial charge on any atom is -0.265 e. The summed E-state index contributed by atoms with van der Waals surface area (Å²) in [6, 6.07) is 4.18. The molecule has 0 saturated carbocycles. The van der Waals surface area contributed by atoms with E-state index in [4.69, 9.17) is 0 Å². The Labute approximate surface area is 89.0 Å². The molecule has 0 aromatic carbocycles. The molecule has 0 aliphatic heterocycles. The molecule has 0 saturated heterocycles. The average Bonchev–Trinajstić information content (AvgIpc) is 2.29. The highest BCUT2D eigenvalue weighted by atomic mass is 19.4. The van der Waals surface area contributed by atoms with Gasteiger partial charge in [0.15, 0.2) is 5.69 Å². The molecule has 2 aromatic heterocycles. The first-order valence-corrected chi connectivity index (χ1v) is 4.38. The maximum absolute atomic E-state index is 12.4. The summed E-state index contributed by atoms with van der Waals surface area (Å²) in [5.41, 5.74) is -0.0121. The van der Waals surface area contributed by atoms with E-state index in [1.165, 1.54) is 18.6 Å². The van der Waals surface area contributed by atoms with Gasteiger partial charge in [0, 0.05) is 18.0 Å². The summed E-state index contributed by atoms with van der Waals surface area (Å²) < 4.78 is 37.1. The number of aromatic nitrogens is 3. The first-order chi connectivity index (χ1) is 7.57. The summed E-state index contributed by atoms with van der Waals surface area (Å²) in [7, 11) is 0. The molecule has 82 valence electrons. The van der Waals surface area contributed by atoms with Crippen LogP contribution in [0.15, 0.2) is 36.8 Å². The highest BCUT2D eigenvalue weighted by molar-refractivity contribution is 5.61. The van der Waals surface area contributed by atoms with Crippen molar-refractivity contribution in [2.24, 2.45) is 0 Å². The lowest BCUT2D eigenvalue weighted by Gasteiger charge is -2.06. The van der Waals surface area contributed by atoms with Crippen LogP contribution in [0.3, 0.4) is 0 Å². The molecular formula is C10H6F3N3. The van der Waals surface area contributed by atoms with Crippen molar-refractivity contribution in [3.05, 3.63) is 42.5 Å². The Kier molecular flexibility index (Phi) is 2.55. The molecule has 0 unspecified atom stereocenters. The third kappa shape index (κ3) is 2.16. The van der Waals surface area contributed by atoms with Gasteiger partial charge in [0.25, 0.3) is 0 Å². The topological polar surface area (TPSA) is 38.7 Å². The zero-order chi connectivity index (χ0) is 11.6. The Morgan fingerprint density at radius 1 is 1.00 bits per heavy atom. The van der Waals surface area contributed by atoms with E-state index < -0.39 is 11.9 Å². The Hall–Kier alpha value is -1.98. The van der Waals surface area contributed by atoms with Crippen LogP contribution in [-0.2, 0) is 6.18 Å². The number of hydrogen-bond acceptors (Lipinski definition) is 3. The molecule has 0 fully saturated rings. The van der Waals surface area contributed by atoms with Gasteiger partial charge >= 0.3 is 6.18 Å². The van der Waals surface area contributed by atoms with Gasteiger partial charge in [-0.25, -0.2) is 0 Å². The first-order valence-electron chi connectivity index (χ1n) is 4.38. The van der Waals surface area contributed by atoms with Gasteiger partial charge in [0.2, 0.25) is 0 Å². The van der Waals surface area contributed by atoms with Crippen molar-refractivity contribution in [1.82, 2.24) is 15.2 Å². The van der Waals surface area contributed by atoms with Crippen LogP contribution in [-0.4, -0.2) is 15.2 Å². The van der Waals surface area contributed by atoms with Crippen LogP contribution in [0, 0.1) is 0 Å². The molecule has 2 aromatic rings. The van der Waals surface area contributed by atoms with Gasteiger partial charge in [-0.3, -0.25) is 4.98 Å². The second-order valence-corrected chi connectivity index (χ2v) is 3.06. The van der Waals surface area contributed by atoms with Crippen LogP contribution in [0.5, 0.6) is 0 Å². The Balaban J connectivity index is 2.45. The minimum atomic E-state index is -4.48. The molecule has 3 nitrogen and oxygen atoms in total. The summed E-state index contributed by atoms with van der Waals surface area (Å²) >= 11 is 0. The summed E-state index contributed by atoms with van der Waals surface area (Å²) in [4.78, 5) is 3.78. The molecule has 0 aliphatic rings. The molecule has 0 bridgehead atoms. The van der Waals surface area contributed by atoms with Crippen LogP contribution in [0.25, 0.3) is 11.1 Å². The summed E-state index contributed by atoms with van der Waals surface area (Å²) in [6.45, 7) is 0. The molecule has 0 N–H and O–H groups in total. The molecule has 0 radical (unpaired) electrons. The van der Waals surface area contributed by atoms with Crippen LogP contribution in [0.2, 0.25) is 0 Å². The third-order valence-corrected chi connectivity index (χ3v) is 1.96. The highest BCUT2D eigenvalue weighted by Crippen LogP contribution is 2.29. The van der Waals surface area contributed by atoms with Crippen molar-refractivity contribution in [2.75, 3.05) is 0 Å². The minimum absolute atomic E-state index is 0.365. The Morgan fingerprint density at radius 2 is 1.69 bits per heavy atom. The lowest BCUT2D eigenvalue weighted by atomic mass is 10.1. The van der Waals surface area contributed by atoms with Gasteiger partial charge in [-0.05, 0) is 23.8 Å². The summed E-state index contributed by atoms with van der Waals surface area (Å²) in [5, 5.41) is 6.38. The predicted octanol–water partition coefficient (Wildman–Crippen LogP) is 2.56. The summed E-state index contributed by atoms with van der Waals surface area (Å²) in [5.74, 6) is 0. The van der Waals surface area contributed by atoms with Crippen molar-refractivity contribution in [3.63, 3.8) is 0 Å². The van der Waals surface area contributed by atoms with E-state index in [1.54, 1.807) is 12.1 Å². The van der Waals surface area contributed by atoms with Crippen LogP contribution in [0.4, 0.5) is 13.2 Å². The first kappa shape index (κ1) is 10.5. The van der Waals surface area contributed by atoms with E-state index >= 15 is 0 Å². The molecule has 16 heavy (non-hydrogen) atoms. The van der Waals surface area contributed by atoms with Gasteiger partial charge in [-0.15, -0.1) is 5.10 Å². The van der Waals surface area contributed by atoms with E-state index in [2.05, 4.69) is 15.2 Å². The Morgan fingerprint density at radius 3 is 2.31 bits per heavy atom. The smallest absolute Gasteiger partial charge is 0.265 e. The van der Waals surface area contributed by atoms with Crippen molar-refractivity contribution in [3.8, 4) is 11.1 Å². The number of alkyl halides is 3. The fourth-order valence-corrected chi connectivity index (χ4v) is 1.21. The number of nitrogens with zero attached hydrogens (tertiary/aromatic N) is 3. The van der Waals surface area contributed by atoms with Gasteiger partial charge in [0.05, 0.1) is 6.20 Å². The van der Waals surface area contributed by atoms with E-state index in [9.17, 15) is 13.2 Å². The van der Waals surface area contributed by atoms with Gasteiger partial charge in [-0.2, -0.15) is 18.3 Å². The molecule has 2 rings (SSSR count). The molecule has 0 aliphatic carbocycles. The van der Waals surface area contributed by atoms with Crippen LogP contribution >= 0.6 is 0 Å². The number of hydrogen-bond donors (Lipinski definition) is 0. The highest BCUT2D eigenvalue weighted by Gasteiger charge is 2.33. The zero-order valence-electron chi connectivity index (χ0n) is 7.94. The average molecular weight is 225 g/mol. The van der Waals surface area contributed by atoms with Gasteiger partial charge in [0.1, 0.15) is 0 Å². The second-order valence-electron chi connectivity index (χ2n) is 3.06. The van der Waals surface area contributed by atoms with Crippen LogP contribution in [0.1, 0.15) is 5.69 Å². The van der Waals surface area contributed by atoms with E-state index in [-0.39, 0.29) is 0 Å². The predicted molar refractivity (Wildman–Crippen MR) is 50.3 cm³/mol. The SMILES string of the molecule is FC(F)(F)c1cc(-c2ccncc2)cnn1. The van der Waals surface area contributed by atoms with Gasteiger partial charge in [-0.1, -0.05) is 0 Å². The number of pyridine rings is 1. The standard InChI is InChI=1S/C10H6F3N3/c11-10(12,13)9-5-8(6-15-16-9)7-1-3-14-4-2-7/h1-6H. The molecule has 6 heteroatoms. The van der Waals surface area contributed by atoms with Crippen molar-refractivity contribution in [2.45, 2.75) is 6.18 Å². The van der Waals surface area contributed by atoms with Crippen LogP contribution < -0.4 is 0 Å². The Bertz CT molecular complexity index is 482. The normalized spacial score (nSPS) is 11.4. The zero-order valence-corrected chi connectivity index (χ0v) is 7.94. The molecule has 2 heterocycles. The quantitative estimate of drug-likeness (QED) is 0.748. The van der Waals surface area contributed by atoms with Crippen molar-refractivity contribution < 1.29 is 13.2 Å². The lowest BCUT2D eigenvalue weighted by Crippen LogP contribution is -2.08. The maximum atomic E-state index is 12.4. The van der Waals surface area contributed by atoms with E-state index in [1.807, 2.05) is 0 Å². The number of rotatable bonds is 1. The molecule has 0 atom stereocenters. The van der Waals surface area contributed by atoms with Gasteiger partial charge < -0.3 is 0 Å². The largest absolute Gasteiger partial charge is 0.435 e. The fourth-order valence-electron chi connectivity index (χ4n) is 1.21. The number of halogens is 3. The second kappa shape index (κ2) is 3.88. The summed E-state index contributed by atoms with van der Waals surface area (Å²) in [6.07, 6.45) is -0.188. The van der Waals surface area contributed by atoms with E-state index in [0.717, 1.165) is 6.07 Å². The van der Waals surface area contributed by atoms with Crippen molar-refractivity contribution >= 4 is 0 Å². The molecule has 0 spiro atoms. The maximum Gasteiger partial charge on any atom is 0.435 e. The third-order valence-electron chi connectivity index (χ3n) is 1.96. The fraction of sp³-hybridized carbons (Fsp3) is 0.100.